The molecule has 4 N–H and O–H groups in total. The minimum absolute atomic E-state index is 0. The molecular weight excluding hydrogens is 337 g/mol. The third-order valence-electron chi connectivity index (χ3n) is 2.20. The van der Waals surface area contributed by atoms with Gasteiger partial charge in [-0.2, -0.15) is 0 Å². The number of hydrogen-bond donors (Lipinski definition) is 4. The van der Waals surface area contributed by atoms with E-state index >= 15 is 0 Å². The van der Waals surface area contributed by atoms with Crippen LogP contribution in [0.2, 0.25) is 0 Å². The van der Waals surface area contributed by atoms with Gasteiger partial charge in [0, 0.05) is 0 Å². The summed E-state index contributed by atoms with van der Waals surface area (Å²) in [6.07, 6.45) is 5.71. The van der Waals surface area contributed by atoms with Crippen molar-refractivity contribution < 1.29 is 42.5 Å². The van der Waals surface area contributed by atoms with Crippen molar-refractivity contribution in [3.8, 4) is 0 Å². The van der Waals surface area contributed by atoms with Gasteiger partial charge in [-0.1, -0.05) is 39.0 Å². The molecule has 0 amide bonds. The molecule has 0 aliphatic rings. The van der Waals surface area contributed by atoms with Gasteiger partial charge in [0.2, 0.25) is 0 Å². The minimum atomic E-state index is -4.97. The van der Waals surface area contributed by atoms with Crippen LogP contribution in [0, 0.1) is 0 Å². The predicted octanol–water partition coefficient (Wildman–Crippen LogP) is 1.22. The summed E-state index contributed by atoms with van der Waals surface area (Å²) < 4.78 is 33.9. The molecule has 12 heteroatoms. The Labute approximate surface area is 146 Å². The Kier molecular flexibility index (Phi) is 14.6. The first-order chi connectivity index (χ1) is 9.14. The Morgan fingerprint density at radius 2 is 1.29 bits per heavy atom. The van der Waals surface area contributed by atoms with Gasteiger partial charge in [-0.3, -0.25) is 0 Å². The maximum absolute atomic E-state index is 10.6. The molecule has 0 fully saturated rings. The zero-order valence-corrected chi connectivity index (χ0v) is 13.0. The fourth-order valence-corrected chi connectivity index (χ4v) is 2.09. The van der Waals surface area contributed by atoms with Crippen LogP contribution >= 0.6 is 15.6 Å². The van der Waals surface area contributed by atoms with Gasteiger partial charge < -0.3 is 24.3 Å². The van der Waals surface area contributed by atoms with Crippen molar-refractivity contribution in [2.75, 3.05) is 6.61 Å². The number of rotatable bonds is 12. The molecule has 21 heavy (non-hydrogen) atoms. The standard InChI is InChI=1S/C9H22O9P2.Na.H/c1-2-3-4-5-6-7-8-16-9(17-19(10,11)12)18-20(13,14)15;;/h9H,2-8H2,1H3,(H2,10,11,12)(H2,13,14,15);;. The Bertz CT molecular complexity index is 318. The monoisotopic (exact) mass is 360 g/mol. The van der Waals surface area contributed by atoms with Crippen LogP contribution in [0.5, 0.6) is 0 Å². The van der Waals surface area contributed by atoms with Crippen LogP contribution < -0.4 is 0 Å². The van der Waals surface area contributed by atoms with Crippen LogP contribution in [0.1, 0.15) is 45.4 Å². The summed E-state index contributed by atoms with van der Waals surface area (Å²) in [6, 6.07) is 0. The number of phosphoric ester groups is 2. The predicted molar refractivity (Wildman–Crippen MR) is 76.5 cm³/mol. The molecule has 0 aliphatic heterocycles. The van der Waals surface area contributed by atoms with Crippen LogP contribution in [-0.2, 0) is 22.9 Å². The molecule has 0 rings (SSSR count). The van der Waals surface area contributed by atoms with E-state index in [9.17, 15) is 9.13 Å². The second-order valence-electron chi connectivity index (χ2n) is 4.12. The molecule has 0 saturated carbocycles. The van der Waals surface area contributed by atoms with Gasteiger partial charge in [0.1, 0.15) is 0 Å². The summed E-state index contributed by atoms with van der Waals surface area (Å²) in [7, 11) is -9.94. The third-order valence-corrected chi connectivity index (χ3v) is 3.09. The fraction of sp³-hybridized carbons (Fsp3) is 1.00. The summed E-state index contributed by atoms with van der Waals surface area (Å²) in [4.78, 5) is 34.2. The van der Waals surface area contributed by atoms with E-state index in [1.807, 2.05) is 0 Å². The van der Waals surface area contributed by atoms with Crippen molar-refractivity contribution >= 4 is 45.2 Å². The molecule has 0 aromatic rings. The molecular formula is C9H23NaO9P2. The van der Waals surface area contributed by atoms with E-state index in [1.165, 1.54) is 0 Å². The van der Waals surface area contributed by atoms with Crippen LogP contribution in [0.4, 0.5) is 0 Å². The van der Waals surface area contributed by atoms with Crippen molar-refractivity contribution in [3.63, 3.8) is 0 Å². The quantitative estimate of drug-likeness (QED) is 0.175. The average Bonchev–Trinajstić information content (AvgIpc) is 2.23. The van der Waals surface area contributed by atoms with E-state index in [0.29, 0.717) is 6.42 Å². The molecule has 0 unspecified atom stereocenters. The molecule has 0 radical (unpaired) electrons. The number of unbranched alkanes of at least 4 members (excludes halogenated alkanes) is 5. The van der Waals surface area contributed by atoms with Crippen molar-refractivity contribution in [1.82, 2.24) is 0 Å². The maximum atomic E-state index is 10.6. The summed E-state index contributed by atoms with van der Waals surface area (Å²) in [5, 5.41) is 0. The summed E-state index contributed by atoms with van der Waals surface area (Å²) >= 11 is 0. The SMILES string of the molecule is CCCCCCCCOC(OP(=O)(O)O)OP(=O)(O)O.[NaH]. The fourth-order valence-electron chi connectivity index (χ4n) is 1.37. The van der Waals surface area contributed by atoms with Gasteiger partial charge in [0.25, 0.3) is 6.48 Å². The summed E-state index contributed by atoms with van der Waals surface area (Å²) in [6.45, 7) is -0.00383. The van der Waals surface area contributed by atoms with Crippen LogP contribution in [-0.4, -0.2) is 62.2 Å². The molecule has 0 atom stereocenters. The van der Waals surface area contributed by atoms with Crippen molar-refractivity contribution in [3.05, 3.63) is 0 Å². The van der Waals surface area contributed by atoms with Gasteiger partial charge in [0.05, 0.1) is 6.61 Å². The first-order valence-electron chi connectivity index (χ1n) is 6.23. The molecule has 0 aromatic carbocycles. The average molecular weight is 360 g/mol. The summed E-state index contributed by atoms with van der Waals surface area (Å²) in [5.74, 6) is 0. The van der Waals surface area contributed by atoms with E-state index in [1.54, 1.807) is 0 Å². The number of ether oxygens (including phenoxy) is 1. The van der Waals surface area contributed by atoms with Crippen LogP contribution in [0.3, 0.4) is 0 Å². The van der Waals surface area contributed by atoms with Gasteiger partial charge in [-0.15, -0.1) is 0 Å². The Morgan fingerprint density at radius 1 is 0.857 bits per heavy atom. The Hall–Kier alpha value is 1.18. The van der Waals surface area contributed by atoms with Crippen molar-refractivity contribution in [1.29, 1.82) is 0 Å². The Balaban J connectivity index is 0. The van der Waals surface area contributed by atoms with Gasteiger partial charge in [-0.05, 0) is 6.42 Å². The zero-order valence-electron chi connectivity index (χ0n) is 11.3. The molecule has 9 nitrogen and oxygen atoms in total. The first-order valence-corrected chi connectivity index (χ1v) is 9.29. The van der Waals surface area contributed by atoms with Crippen LogP contribution in [0.15, 0.2) is 0 Å². The summed E-state index contributed by atoms with van der Waals surface area (Å²) in [5.41, 5.74) is 0. The van der Waals surface area contributed by atoms with E-state index in [2.05, 4.69) is 16.0 Å². The molecule has 0 aliphatic carbocycles. The van der Waals surface area contributed by atoms with E-state index in [-0.39, 0.29) is 36.2 Å². The second kappa shape index (κ2) is 12.6. The van der Waals surface area contributed by atoms with Crippen molar-refractivity contribution in [2.45, 2.75) is 51.9 Å². The molecule has 0 aromatic heterocycles. The van der Waals surface area contributed by atoms with E-state index in [4.69, 9.17) is 24.3 Å². The van der Waals surface area contributed by atoms with Crippen LogP contribution in [0.25, 0.3) is 0 Å². The van der Waals surface area contributed by atoms with E-state index < -0.39 is 22.1 Å². The third kappa shape index (κ3) is 19.1. The van der Waals surface area contributed by atoms with Crippen molar-refractivity contribution in [2.24, 2.45) is 0 Å². The van der Waals surface area contributed by atoms with E-state index in [0.717, 1.165) is 32.1 Å². The normalized spacial score (nSPS) is 12.5. The second-order valence-corrected chi connectivity index (χ2v) is 6.50. The molecule has 124 valence electrons. The molecule has 0 spiro atoms. The van der Waals surface area contributed by atoms with Gasteiger partial charge in [0.15, 0.2) is 0 Å². The zero-order chi connectivity index (χ0) is 15.6. The van der Waals surface area contributed by atoms with Gasteiger partial charge >= 0.3 is 45.2 Å². The first kappa shape index (κ1) is 24.4. The Morgan fingerprint density at radius 3 is 1.71 bits per heavy atom. The number of hydrogen-bond acceptors (Lipinski definition) is 5. The molecule has 0 heterocycles. The molecule has 0 saturated heterocycles. The molecule has 0 bridgehead atoms. The number of phosphoric acid groups is 2. The topological polar surface area (TPSA) is 143 Å². The van der Waals surface area contributed by atoms with Gasteiger partial charge in [-0.25, -0.2) is 18.2 Å².